The van der Waals surface area contributed by atoms with Gasteiger partial charge in [-0.05, 0) is 88.5 Å². The number of hydrogen-bond acceptors (Lipinski definition) is 6. The van der Waals surface area contributed by atoms with Crippen molar-refractivity contribution in [2.75, 3.05) is 29.5 Å². The number of benzene rings is 3. The summed E-state index contributed by atoms with van der Waals surface area (Å²) in [6, 6.07) is 23.3. The predicted octanol–water partition coefficient (Wildman–Crippen LogP) is 7.55. The highest BCUT2D eigenvalue weighted by atomic mass is 28.4. The fourth-order valence-electron chi connectivity index (χ4n) is 8.75. The first-order valence-electron chi connectivity index (χ1n) is 19.2. The minimum absolute atomic E-state index is 0.0215. The summed E-state index contributed by atoms with van der Waals surface area (Å²) in [4.78, 5) is 59.9. The highest BCUT2D eigenvalue weighted by Crippen LogP contribution is 2.60. The minimum Gasteiger partial charge on any atom is -0.432 e. The molecule has 286 valence electrons. The molecule has 6 rings (SSSR count). The molecular formula is C44H55N3O6Si. The van der Waals surface area contributed by atoms with Crippen LogP contribution in [0, 0.1) is 5.92 Å². The van der Waals surface area contributed by atoms with Crippen LogP contribution >= 0.6 is 0 Å². The highest BCUT2D eigenvalue weighted by Gasteiger charge is 2.66. The molecule has 10 heteroatoms. The monoisotopic (exact) mass is 749 g/mol. The van der Waals surface area contributed by atoms with Crippen molar-refractivity contribution in [2.45, 2.75) is 96.7 Å². The SMILES string of the molecule is CC(C)=CCC/C(C)=C/CN1C(=O)[C@]2(O[C@H](CC(=O)N(CCO)Cc3ccccc3)[C@@H]([Si](C)(C)O)[C@@H]2C)c2cc(N3C(=O)CCc4ccccc43)ccc21. The molecule has 1 saturated heterocycles. The maximum atomic E-state index is 15.1. The molecule has 2 N–H and O–H groups in total. The fraction of sp³-hybridized carbons (Fsp3) is 0.432. The van der Waals surface area contributed by atoms with Gasteiger partial charge in [-0.15, -0.1) is 0 Å². The molecule has 0 saturated carbocycles. The summed E-state index contributed by atoms with van der Waals surface area (Å²) in [5, 5.41) is 9.92. The molecule has 0 aliphatic carbocycles. The molecule has 3 heterocycles. The molecule has 3 aromatic carbocycles. The van der Waals surface area contributed by atoms with Crippen LogP contribution in [0.5, 0.6) is 0 Å². The zero-order valence-electron chi connectivity index (χ0n) is 32.5. The third-order valence-electron chi connectivity index (χ3n) is 11.3. The average Bonchev–Trinajstić information content (AvgIpc) is 3.56. The van der Waals surface area contributed by atoms with E-state index in [4.69, 9.17) is 4.74 Å². The normalized spacial score (nSPS) is 22.4. The van der Waals surface area contributed by atoms with Crippen LogP contribution in [0.1, 0.15) is 70.1 Å². The summed E-state index contributed by atoms with van der Waals surface area (Å²) in [7, 11) is -3.07. The number of fused-ring (bicyclic) bond motifs is 3. The van der Waals surface area contributed by atoms with E-state index in [1.165, 1.54) is 11.1 Å². The van der Waals surface area contributed by atoms with Crippen LogP contribution < -0.4 is 9.80 Å². The zero-order valence-corrected chi connectivity index (χ0v) is 33.5. The largest absolute Gasteiger partial charge is 0.432 e. The van der Waals surface area contributed by atoms with Gasteiger partial charge in [-0.3, -0.25) is 19.3 Å². The zero-order chi connectivity index (χ0) is 38.8. The van der Waals surface area contributed by atoms with Crippen molar-refractivity contribution in [2.24, 2.45) is 5.92 Å². The molecule has 4 atom stereocenters. The number of ether oxygens (including phenoxy) is 1. The molecule has 0 aromatic heterocycles. The van der Waals surface area contributed by atoms with Gasteiger partial charge < -0.3 is 24.4 Å². The topological polar surface area (TPSA) is 111 Å². The Morgan fingerprint density at radius 1 is 0.981 bits per heavy atom. The second-order valence-electron chi connectivity index (χ2n) is 15.9. The fourth-order valence-corrected chi connectivity index (χ4v) is 11.3. The second-order valence-corrected chi connectivity index (χ2v) is 19.9. The van der Waals surface area contributed by atoms with E-state index in [0.29, 0.717) is 42.9 Å². The summed E-state index contributed by atoms with van der Waals surface area (Å²) in [5.41, 5.74) is 5.33. The lowest BCUT2D eigenvalue weighted by atomic mass is 9.82. The molecular weight excluding hydrogens is 695 g/mol. The van der Waals surface area contributed by atoms with E-state index < -0.39 is 31.5 Å². The number of rotatable bonds is 13. The number of nitrogens with zero attached hydrogens (tertiary/aromatic N) is 3. The van der Waals surface area contributed by atoms with Crippen molar-refractivity contribution in [1.29, 1.82) is 0 Å². The molecule has 54 heavy (non-hydrogen) atoms. The molecule has 1 spiro atoms. The number of anilines is 3. The van der Waals surface area contributed by atoms with Crippen LogP contribution in [0.4, 0.5) is 17.1 Å². The molecule has 3 amide bonds. The highest BCUT2D eigenvalue weighted by molar-refractivity contribution is 6.71. The Morgan fingerprint density at radius 2 is 1.70 bits per heavy atom. The minimum atomic E-state index is -3.07. The first-order valence-corrected chi connectivity index (χ1v) is 22.3. The summed E-state index contributed by atoms with van der Waals surface area (Å²) < 4.78 is 7.06. The molecule has 3 aliphatic heterocycles. The number of allylic oxidation sites excluding steroid dienone is 3. The smallest absolute Gasteiger partial charge is 0.264 e. The van der Waals surface area contributed by atoms with Gasteiger partial charge in [-0.2, -0.15) is 0 Å². The standard InChI is InChI=1S/C44H55N3O6Si/c1-30(2)13-12-14-31(3)23-24-46-38-21-20-35(47-37-18-11-10-17-34(37)19-22-40(47)49)27-36(38)44(43(46)51)32(4)42(54(5,6)52)39(53-44)28-41(50)45(25-26-48)29-33-15-8-7-9-16-33/h7-11,13,15-18,20-21,23,27,32,39,42,48,52H,12,14,19,22,24-26,28-29H2,1-6H3/b31-23+/t32-,39+,42-,44+/m0/s1. The van der Waals surface area contributed by atoms with E-state index in [1.54, 1.807) is 14.7 Å². The molecule has 9 nitrogen and oxygen atoms in total. The molecule has 0 radical (unpaired) electrons. The summed E-state index contributed by atoms with van der Waals surface area (Å²) in [6.07, 6.45) is 6.32. The number of amides is 3. The first kappa shape index (κ1) is 39.3. The number of carbonyl (C=O) groups is 3. The summed E-state index contributed by atoms with van der Waals surface area (Å²) in [6.45, 7) is 12.5. The average molecular weight is 750 g/mol. The number of para-hydroxylation sites is 1. The van der Waals surface area contributed by atoms with Gasteiger partial charge in [0.05, 0.1) is 30.5 Å². The van der Waals surface area contributed by atoms with Crippen molar-refractivity contribution in [3.05, 3.63) is 113 Å². The van der Waals surface area contributed by atoms with E-state index in [0.717, 1.165) is 29.7 Å². The van der Waals surface area contributed by atoms with Gasteiger partial charge >= 0.3 is 0 Å². The predicted molar refractivity (Wildman–Crippen MR) is 216 cm³/mol. The van der Waals surface area contributed by atoms with Crippen LogP contribution in [0.3, 0.4) is 0 Å². The van der Waals surface area contributed by atoms with E-state index >= 15 is 4.79 Å². The molecule has 0 unspecified atom stereocenters. The Morgan fingerprint density at radius 3 is 2.41 bits per heavy atom. The maximum absolute atomic E-state index is 15.1. The van der Waals surface area contributed by atoms with Crippen molar-refractivity contribution in [3.8, 4) is 0 Å². The van der Waals surface area contributed by atoms with Crippen LogP contribution in [0.2, 0.25) is 18.6 Å². The van der Waals surface area contributed by atoms with Crippen LogP contribution in [0.25, 0.3) is 0 Å². The van der Waals surface area contributed by atoms with Crippen molar-refractivity contribution >= 4 is 43.1 Å². The van der Waals surface area contributed by atoms with Gasteiger partial charge in [0, 0.05) is 48.8 Å². The molecule has 1 fully saturated rings. The number of aryl methyl sites for hydroxylation is 1. The quantitative estimate of drug-likeness (QED) is 0.138. The Kier molecular flexibility index (Phi) is 11.8. The first-order chi connectivity index (χ1) is 25.8. The number of aliphatic hydroxyl groups is 1. The lowest BCUT2D eigenvalue weighted by Gasteiger charge is -2.33. The van der Waals surface area contributed by atoms with Gasteiger partial charge in [0.1, 0.15) is 0 Å². The number of carbonyl (C=O) groups excluding carboxylic acids is 3. The van der Waals surface area contributed by atoms with Crippen molar-refractivity contribution < 1.29 is 29.0 Å². The number of aliphatic hydroxyl groups excluding tert-OH is 1. The summed E-state index contributed by atoms with van der Waals surface area (Å²) in [5.74, 6) is -0.949. The van der Waals surface area contributed by atoms with Gasteiger partial charge in [0.25, 0.3) is 5.91 Å². The summed E-state index contributed by atoms with van der Waals surface area (Å²) >= 11 is 0. The Bertz CT molecular complexity index is 1930. The molecule has 3 aromatic rings. The lowest BCUT2D eigenvalue weighted by Crippen LogP contribution is -2.46. The van der Waals surface area contributed by atoms with Crippen LogP contribution in [0.15, 0.2) is 96.1 Å². The van der Waals surface area contributed by atoms with E-state index in [-0.39, 0.29) is 37.3 Å². The third-order valence-corrected chi connectivity index (χ3v) is 13.8. The van der Waals surface area contributed by atoms with E-state index in [2.05, 4.69) is 32.9 Å². The molecule has 3 aliphatic rings. The molecule has 0 bridgehead atoms. The number of hydrogen-bond donors (Lipinski definition) is 2. The van der Waals surface area contributed by atoms with Crippen molar-refractivity contribution in [3.63, 3.8) is 0 Å². The van der Waals surface area contributed by atoms with Gasteiger partial charge in [0.2, 0.25) is 11.8 Å². The van der Waals surface area contributed by atoms with E-state index in [9.17, 15) is 19.5 Å². The van der Waals surface area contributed by atoms with E-state index in [1.807, 2.05) is 92.8 Å². The second kappa shape index (κ2) is 16.2. The van der Waals surface area contributed by atoms with Gasteiger partial charge in [-0.25, -0.2) is 0 Å². The third kappa shape index (κ3) is 7.75. The maximum Gasteiger partial charge on any atom is 0.264 e. The Hall–Kier alpha value is -4.35. The van der Waals surface area contributed by atoms with Gasteiger partial charge in [-0.1, -0.05) is 78.8 Å². The van der Waals surface area contributed by atoms with Crippen LogP contribution in [-0.4, -0.2) is 66.6 Å². The Balaban J connectivity index is 1.41. The van der Waals surface area contributed by atoms with Crippen LogP contribution in [-0.2, 0) is 37.7 Å². The van der Waals surface area contributed by atoms with Crippen molar-refractivity contribution in [1.82, 2.24) is 4.90 Å². The lowest BCUT2D eigenvalue weighted by molar-refractivity contribution is -0.149. The van der Waals surface area contributed by atoms with Gasteiger partial charge in [0.15, 0.2) is 13.9 Å². The Labute approximate surface area is 321 Å².